The van der Waals surface area contributed by atoms with E-state index >= 15 is 0 Å². The number of rotatable bonds is 3. The highest BCUT2D eigenvalue weighted by atomic mass is 16.5. The highest BCUT2D eigenvalue weighted by Gasteiger charge is 2.43. The van der Waals surface area contributed by atoms with Gasteiger partial charge in [0.1, 0.15) is 0 Å². The maximum absolute atomic E-state index is 10.9. The van der Waals surface area contributed by atoms with Crippen molar-refractivity contribution in [2.75, 3.05) is 33.4 Å². The summed E-state index contributed by atoms with van der Waals surface area (Å²) in [5.41, 5.74) is 3.99. The molecular formula is C26H30N3O2+. The SMILES string of the molecule is CN(C)N(O)c1c(-c2ccc3c(c2)OC2C=CC=CC2[N+]3(C)C)ccc2c1=CCCC=2. The van der Waals surface area contributed by atoms with Crippen molar-refractivity contribution >= 4 is 23.5 Å². The molecule has 5 heteroatoms. The molecule has 0 saturated heterocycles. The number of ether oxygens (including phenoxy) is 1. The average molecular weight is 417 g/mol. The van der Waals surface area contributed by atoms with Crippen LogP contribution in [0.5, 0.6) is 5.75 Å². The van der Waals surface area contributed by atoms with Gasteiger partial charge >= 0.3 is 0 Å². The summed E-state index contributed by atoms with van der Waals surface area (Å²) in [5.74, 6) is 0.900. The second-order valence-electron chi connectivity index (χ2n) is 9.15. The Kier molecular flexibility index (Phi) is 4.77. The minimum atomic E-state index is 0.0183. The van der Waals surface area contributed by atoms with Crippen molar-refractivity contribution in [3.8, 4) is 16.9 Å². The summed E-state index contributed by atoms with van der Waals surface area (Å²) in [6, 6.07) is 11.0. The van der Waals surface area contributed by atoms with Gasteiger partial charge in [0.15, 0.2) is 23.6 Å². The number of likely N-dealkylation sites (N-methyl/N-ethyl adjacent to an activating group) is 1. The van der Waals surface area contributed by atoms with Crippen LogP contribution in [0.25, 0.3) is 23.3 Å². The zero-order chi connectivity index (χ0) is 21.8. The van der Waals surface area contributed by atoms with Crippen molar-refractivity contribution in [3.05, 3.63) is 65.1 Å². The molecule has 0 spiro atoms. The third kappa shape index (κ3) is 3.21. The van der Waals surface area contributed by atoms with Crippen LogP contribution in [0.15, 0.2) is 54.6 Å². The number of hydrazine groups is 1. The van der Waals surface area contributed by atoms with Gasteiger partial charge in [0.05, 0.1) is 19.8 Å². The largest absolute Gasteiger partial charge is 0.473 e. The molecule has 1 aliphatic heterocycles. The molecule has 2 aliphatic carbocycles. The molecule has 5 nitrogen and oxygen atoms in total. The van der Waals surface area contributed by atoms with Gasteiger partial charge in [-0.1, -0.05) is 36.4 Å². The topological polar surface area (TPSA) is 35.9 Å². The predicted octanol–water partition coefficient (Wildman–Crippen LogP) is 3.20. The van der Waals surface area contributed by atoms with Crippen molar-refractivity contribution in [3.63, 3.8) is 0 Å². The van der Waals surface area contributed by atoms with E-state index in [2.05, 4.69) is 80.9 Å². The Morgan fingerprint density at radius 1 is 1.00 bits per heavy atom. The lowest BCUT2D eigenvalue weighted by Crippen LogP contribution is -2.58. The highest BCUT2D eigenvalue weighted by molar-refractivity contribution is 5.82. The van der Waals surface area contributed by atoms with E-state index in [1.54, 1.807) is 5.01 Å². The lowest BCUT2D eigenvalue weighted by Gasteiger charge is -2.44. The summed E-state index contributed by atoms with van der Waals surface area (Å²) in [6.45, 7) is 0. The predicted molar refractivity (Wildman–Crippen MR) is 127 cm³/mol. The van der Waals surface area contributed by atoms with Crippen LogP contribution in [-0.4, -0.2) is 50.6 Å². The second-order valence-corrected chi connectivity index (χ2v) is 9.15. The van der Waals surface area contributed by atoms with Crippen LogP contribution in [-0.2, 0) is 0 Å². The van der Waals surface area contributed by atoms with Gasteiger partial charge in [-0.15, -0.1) is 0 Å². The lowest BCUT2D eigenvalue weighted by atomic mass is 9.95. The van der Waals surface area contributed by atoms with E-state index in [4.69, 9.17) is 4.74 Å². The van der Waals surface area contributed by atoms with Gasteiger partial charge in [0, 0.05) is 30.9 Å². The van der Waals surface area contributed by atoms with Gasteiger partial charge < -0.3 is 4.74 Å². The number of quaternary nitrogens is 1. The number of hydrogen-bond donors (Lipinski definition) is 1. The van der Waals surface area contributed by atoms with Crippen molar-refractivity contribution in [2.45, 2.75) is 25.0 Å². The fourth-order valence-corrected chi connectivity index (χ4v) is 4.96. The molecule has 0 radical (unpaired) electrons. The molecule has 2 unspecified atom stereocenters. The van der Waals surface area contributed by atoms with E-state index in [1.807, 2.05) is 14.1 Å². The molecule has 0 fully saturated rings. The molecule has 160 valence electrons. The van der Waals surface area contributed by atoms with Crippen molar-refractivity contribution in [1.82, 2.24) is 9.49 Å². The van der Waals surface area contributed by atoms with E-state index < -0.39 is 0 Å². The number of benzene rings is 2. The Hall–Kier alpha value is -2.86. The summed E-state index contributed by atoms with van der Waals surface area (Å²) in [6.07, 6.45) is 15.0. The van der Waals surface area contributed by atoms with Crippen LogP contribution in [0.4, 0.5) is 11.4 Å². The molecule has 2 aromatic carbocycles. The van der Waals surface area contributed by atoms with Gasteiger partial charge in [-0.2, -0.15) is 5.17 Å². The quantitative estimate of drug-likeness (QED) is 0.616. The minimum absolute atomic E-state index is 0.0183. The van der Waals surface area contributed by atoms with Crippen LogP contribution >= 0.6 is 0 Å². The molecule has 5 rings (SSSR count). The highest BCUT2D eigenvalue weighted by Crippen LogP contribution is 2.43. The third-order valence-electron chi connectivity index (χ3n) is 6.67. The third-order valence-corrected chi connectivity index (χ3v) is 6.67. The Morgan fingerprint density at radius 2 is 1.77 bits per heavy atom. The van der Waals surface area contributed by atoms with E-state index in [9.17, 15) is 5.21 Å². The van der Waals surface area contributed by atoms with Crippen molar-refractivity contribution in [1.29, 1.82) is 0 Å². The molecule has 31 heavy (non-hydrogen) atoms. The summed E-state index contributed by atoms with van der Waals surface area (Å²) < 4.78 is 7.18. The maximum atomic E-state index is 10.9. The van der Waals surface area contributed by atoms with Gasteiger partial charge in [-0.05, 0) is 47.9 Å². The second kappa shape index (κ2) is 7.38. The number of nitrogens with zero attached hydrogens (tertiary/aromatic N) is 3. The zero-order valence-electron chi connectivity index (χ0n) is 18.6. The smallest absolute Gasteiger partial charge is 0.181 e. The number of fused-ring (bicyclic) bond motifs is 3. The fourth-order valence-electron chi connectivity index (χ4n) is 4.96. The maximum Gasteiger partial charge on any atom is 0.181 e. The molecule has 0 aromatic heterocycles. The Labute approximate surface area is 183 Å². The summed E-state index contributed by atoms with van der Waals surface area (Å²) in [7, 11) is 8.15. The molecule has 1 N–H and O–H groups in total. The first kappa shape index (κ1) is 20.1. The van der Waals surface area contributed by atoms with Crippen LogP contribution < -0.4 is 24.8 Å². The number of anilines is 1. The fraction of sp³-hybridized carbons (Fsp3) is 0.308. The lowest BCUT2D eigenvalue weighted by molar-refractivity contribution is 0.109. The molecule has 1 heterocycles. The first-order valence-electron chi connectivity index (χ1n) is 10.9. The van der Waals surface area contributed by atoms with Gasteiger partial charge in [0.25, 0.3) is 0 Å². The zero-order valence-corrected chi connectivity index (χ0v) is 18.6. The van der Waals surface area contributed by atoms with Crippen LogP contribution in [0.3, 0.4) is 0 Å². The minimum Gasteiger partial charge on any atom is -0.473 e. The average Bonchev–Trinajstić information content (AvgIpc) is 2.77. The van der Waals surface area contributed by atoms with Gasteiger partial charge in [-0.25, -0.2) is 5.01 Å². The molecule has 0 amide bonds. The molecule has 0 bridgehead atoms. The van der Waals surface area contributed by atoms with Gasteiger partial charge in [-0.3, -0.25) is 9.69 Å². The first-order chi connectivity index (χ1) is 14.9. The summed E-state index contributed by atoms with van der Waals surface area (Å²) >= 11 is 0. The number of hydrogen-bond acceptors (Lipinski definition) is 4. The van der Waals surface area contributed by atoms with Crippen LogP contribution in [0.2, 0.25) is 0 Å². The Balaban J connectivity index is 1.68. The summed E-state index contributed by atoms with van der Waals surface area (Å²) in [5, 5.41) is 16.1. The van der Waals surface area contributed by atoms with Gasteiger partial charge in [0.2, 0.25) is 0 Å². The van der Waals surface area contributed by atoms with Crippen LogP contribution in [0.1, 0.15) is 12.8 Å². The Bertz CT molecular complexity index is 1210. The monoisotopic (exact) mass is 416 g/mol. The van der Waals surface area contributed by atoms with E-state index in [1.165, 1.54) is 10.4 Å². The van der Waals surface area contributed by atoms with Crippen molar-refractivity contribution < 1.29 is 9.94 Å². The van der Waals surface area contributed by atoms with Crippen molar-refractivity contribution in [2.24, 2.45) is 0 Å². The molecule has 2 aromatic rings. The van der Waals surface area contributed by atoms with E-state index in [-0.39, 0.29) is 12.1 Å². The Morgan fingerprint density at radius 3 is 2.58 bits per heavy atom. The standard InChI is InChI=1S/C26H30N3O2/c1-27(2)28(30)26-20-10-6-5-9-18(20)13-15-21(26)19-14-16-23-25(17-19)31-24-12-8-7-11-22(24)29(23,3)4/h7-17,22,24,30H,5-6H2,1-4H3/q+1. The molecular weight excluding hydrogens is 386 g/mol. The molecule has 0 saturated carbocycles. The van der Waals surface area contributed by atoms with E-state index in [0.717, 1.165) is 50.8 Å². The molecule has 2 atom stereocenters. The van der Waals surface area contributed by atoms with E-state index in [0.29, 0.717) is 0 Å². The summed E-state index contributed by atoms with van der Waals surface area (Å²) in [4.78, 5) is 0. The number of allylic oxidation sites excluding steroid dienone is 2. The first-order valence-corrected chi connectivity index (χ1v) is 10.9. The molecule has 3 aliphatic rings. The normalized spacial score (nSPS) is 22.5. The van der Waals surface area contributed by atoms with Crippen LogP contribution in [0, 0.1) is 0 Å².